The normalized spacial score (nSPS) is 21.8. The second-order valence-electron chi connectivity index (χ2n) is 2.61. The van der Waals surface area contributed by atoms with Crippen LogP contribution in [0.15, 0.2) is 27.5 Å². The first-order valence-electron chi connectivity index (χ1n) is 3.74. The standard InChI is InChI=1S/C7H10N4O2/c1-4(12)3-8-7-9-6(13)5(2)10-11-7/h4,12H,2-3H2,1H3,(H,8,9,13). The van der Waals surface area contributed by atoms with E-state index in [-0.39, 0.29) is 18.2 Å². The molecular weight excluding hydrogens is 172 g/mol. The van der Waals surface area contributed by atoms with E-state index in [0.29, 0.717) is 0 Å². The zero-order valence-corrected chi connectivity index (χ0v) is 7.19. The fourth-order valence-corrected chi connectivity index (χ4v) is 0.642. The fourth-order valence-electron chi connectivity index (χ4n) is 0.642. The number of nitrogens with zero attached hydrogens (tertiary/aromatic N) is 3. The van der Waals surface area contributed by atoms with Crippen LogP contribution in [0, 0.1) is 0 Å². The summed E-state index contributed by atoms with van der Waals surface area (Å²) in [6.45, 7) is 5.12. The van der Waals surface area contributed by atoms with E-state index < -0.39 is 12.0 Å². The Balaban J connectivity index is 2.64. The van der Waals surface area contributed by atoms with Gasteiger partial charge in [-0.1, -0.05) is 6.58 Å². The predicted molar refractivity (Wildman–Crippen MR) is 46.1 cm³/mol. The highest BCUT2D eigenvalue weighted by atomic mass is 16.3. The Morgan fingerprint density at radius 2 is 2.38 bits per heavy atom. The molecule has 1 amide bonds. The van der Waals surface area contributed by atoms with Crippen molar-refractivity contribution in [2.75, 3.05) is 6.54 Å². The van der Waals surface area contributed by atoms with Crippen molar-refractivity contribution in [2.24, 2.45) is 15.2 Å². The van der Waals surface area contributed by atoms with Gasteiger partial charge in [0.1, 0.15) is 5.70 Å². The second-order valence-corrected chi connectivity index (χ2v) is 2.61. The third-order valence-electron chi connectivity index (χ3n) is 1.26. The highest BCUT2D eigenvalue weighted by molar-refractivity contribution is 6.06. The number of aliphatic hydroxyl groups is 1. The Morgan fingerprint density at radius 3 is 2.92 bits per heavy atom. The highest BCUT2D eigenvalue weighted by Crippen LogP contribution is 2.00. The first-order chi connectivity index (χ1) is 6.09. The van der Waals surface area contributed by atoms with E-state index in [2.05, 4.69) is 27.1 Å². The van der Waals surface area contributed by atoms with Gasteiger partial charge < -0.3 is 5.11 Å². The maximum atomic E-state index is 10.9. The summed E-state index contributed by atoms with van der Waals surface area (Å²) in [5.74, 6) is -0.308. The van der Waals surface area contributed by atoms with Gasteiger partial charge in [-0.15, -0.1) is 10.2 Å². The molecule has 1 unspecified atom stereocenters. The Labute approximate surface area is 75.1 Å². The van der Waals surface area contributed by atoms with Crippen LogP contribution in [0.2, 0.25) is 0 Å². The number of rotatable bonds is 2. The van der Waals surface area contributed by atoms with Gasteiger partial charge in [0.15, 0.2) is 0 Å². The lowest BCUT2D eigenvalue weighted by molar-refractivity contribution is -0.116. The molecule has 0 aromatic carbocycles. The zero-order valence-electron chi connectivity index (χ0n) is 7.19. The highest BCUT2D eigenvalue weighted by Gasteiger charge is 2.14. The number of amides is 1. The van der Waals surface area contributed by atoms with Crippen LogP contribution in [-0.2, 0) is 4.79 Å². The van der Waals surface area contributed by atoms with Crippen LogP contribution in [0.25, 0.3) is 0 Å². The average molecular weight is 182 g/mol. The van der Waals surface area contributed by atoms with Crippen molar-refractivity contribution >= 4 is 11.9 Å². The molecule has 70 valence electrons. The molecule has 2 N–H and O–H groups in total. The molecule has 0 radical (unpaired) electrons. The summed E-state index contributed by atoms with van der Waals surface area (Å²) in [7, 11) is 0. The number of carbonyl (C=O) groups excluding carboxylic acids is 1. The number of guanidine groups is 1. The van der Waals surface area contributed by atoms with Crippen molar-refractivity contribution < 1.29 is 9.90 Å². The van der Waals surface area contributed by atoms with Gasteiger partial charge in [-0.2, -0.15) is 0 Å². The number of nitrogens with one attached hydrogen (secondary N) is 1. The lowest BCUT2D eigenvalue weighted by Gasteiger charge is -2.08. The summed E-state index contributed by atoms with van der Waals surface area (Å²) in [5.41, 5.74) is 0.0518. The van der Waals surface area contributed by atoms with E-state index in [4.69, 9.17) is 5.11 Å². The fraction of sp³-hybridized carbons (Fsp3) is 0.429. The van der Waals surface area contributed by atoms with Crippen LogP contribution in [0.3, 0.4) is 0 Å². The summed E-state index contributed by atoms with van der Waals surface area (Å²) < 4.78 is 0. The molecular formula is C7H10N4O2. The summed E-state index contributed by atoms with van der Waals surface area (Å²) in [6.07, 6.45) is -0.565. The summed E-state index contributed by atoms with van der Waals surface area (Å²) >= 11 is 0. The van der Waals surface area contributed by atoms with Crippen molar-refractivity contribution in [2.45, 2.75) is 13.0 Å². The lowest BCUT2D eigenvalue weighted by Crippen LogP contribution is -2.33. The topological polar surface area (TPSA) is 86.4 Å². The molecule has 0 aromatic heterocycles. The van der Waals surface area contributed by atoms with E-state index in [1.165, 1.54) is 0 Å². The summed E-state index contributed by atoms with van der Waals surface area (Å²) in [6, 6.07) is 0. The molecule has 1 aliphatic heterocycles. The molecule has 1 aliphatic rings. The maximum Gasteiger partial charge on any atom is 0.277 e. The van der Waals surface area contributed by atoms with Crippen molar-refractivity contribution in [3.8, 4) is 0 Å². The van der Waals surface area contributed by atoms with Crippen molar-refractivity contribution in [1.29, 1.82) is 0 Å². The molecule has 1 rings (SSSR count). The molecule has 6 nitrogen and oxygen atoms in total. The van der Waals surface area contributed by atoms with E-state index in [1.807, 2.05) is 0 Å². The molecule has 0 aromatic rings. The SMILES string of the molecule is C=C1N=NC(=NCC(C)O)NC1=O. The molecule has 0 aliphatic carbocycles. The van der Waals surface area contributed by atoms with Crippen LogP contribution in [0.1, 0.15) is 6.92 Å². The first kappa shape index (κ1) is 9.53. The molecule has 13 heavy (non-hydrogen) atoms. The minimum Gasteiger partial charge on any atom is -0.391 e. The van der Waals surface area contributed by atoms with Crippen LogP contribution in [0.4, 0.5) is 0 Å². The third-order valence-corrected chi connectivity index (χ3v) is 1.26. The quantitative estimate of drug-likeness (QED) is 0.580. The predicted octanol–water partition coefficient (Wildman–Crippen LogP) is -0.181. The summed E-state index contributed by atoms with van der Waals surface area (Å²) in [5, 5.41) is 18.3. The van der Waals surface area contributed by atoms with Gasteiger partial charge in [-0.3, -0.25) is 10.1 Å². The van der Waals surface area contributed by atoms with E-state index >= 15 is 0 Å². The largest absolute Gasteiger partial charge is 0.391 e. The van der Waals surface area contributed by atoms with Gasteiger partial charge in [0.25, 0.3) is 5.91 Å². The minimum atomic E-state index is -0.565. The van der Waals surface area contributed by atoms with Gasteiger partial charge in [-0.05, 0) is 6.92 Å². The Hall–Kier alpha value is -1.56. The second kappa shape index (κ2) is 3.90. The number of hydrogen-bond acceptors (Lipinski definition) is 4. The van der Waals surface area contributed by atoms with Crippen LogP contribution < -0.4 is 5.32 Å². The van der Waals surface area contributed by atoms with Crippen LogP contribution in [-0.4, -0.2) is 29.6 Å². The average Bonchev–Trinajstić information content (AvgIpc) is 2.07. The monoisotopic (exact) mass is 182 g/mol. The third kappa shape index (κ3) is 2.75. The molecule has 0 bridgehead atoms. The van der Waals surface area contributed by atoms with Gasteiger partial charge in [0.05, 0.1) is 12.6 Å². The van der Waals surface area contributed by atoms with Crippen molar-refractivity contribution in [3.63, 3.8) is 0 Å². The van der Waals surface area contributed by atoms with Gasteiger partial charge >= 0.3 is 0 Å². The Bertz CT molecular complexity index is 293. The lowest BCUT2D eigenvalue weighted by atomic mass is 10.4. The zero-order chi connectivity index (χ0) is 9.84. The van der Waals surface area contributed by atoms with E-state index in [1.54, 1.807) is 6.92 Å². The van der Waals surface area contributed by atoms with Gasteiger partial charge in [-0.25, -0.2) is 4.99 Å². The molecule has 0 spiro atoms. The van der Waals surface area contributed by atoms with E-state index in [9.17, 15) is 4.79 Å². The molecule has 1 atom stereocenters. The molecule has 1 heterocycles. The maximum absolute atomic E-state index is 10.9. The van der Waals surface area contributed by atoms with Crippen LogP contribution in [0.5, 0.6) is 0 Å². The number of aliphatic imine (C=N–C) groups is 1. The number of carbonyl (C=O) groups is 1. The number of hydrogen-bond donors (Lipinski definition) is 2. The molecule has 0 saturated carbocycles. The first-order valence-corrected chi connectivity index (χ1v) is 3.74. The minimum absolute atomic E-state index is 0.0518. The molecule has 0 fully saturated rings. The Kier molecular flexibility index (Phi) is 2.86. The van der Waals surface area contributed by atoms with Crippen molar-refractivity contribution in [3.05, 3.63) is 12.3 Å². The number of aliphatic hydroxyl groups excluding tert-OH is 1. The molecule has 6 heteroatoms. The van der Waals surface area contributed by atoms with Crippen molar-refractivity contribution in [1.82, 2.24) is 5.32 Å². The Morgan fingerprint density at radius 1 is 1.69 bits per heavy atom. The molecule has 0 saturated heterocycles. The van der Waals surface area contributed by atoms with Gasteiger partial charge in [0.2, 0.25) is 5.96 Å². The van der Waals surface area contributed by atoms with E-state index in [0.717, 1.165) is 0 Å². The number of azo groups is 1. The van der Waals surface area contributed by atoms with Crippen LogP contribution >= 0.6 is 0 Å². The van der Waals surface area contributed by atoms with Gasteiger partial charge in [0, 0.05) is 0 Å². The smallest absolute Gasteiger partial charge is 0.277 e. The summed E-state index contributed by atoms with van der Waals surface area (Å²) in [4.78, 5) is 14.7.